The van der Waals surface area contributed by atoms with Crippen LogP contribution in [0.25, 0.3) is 0 Å². The van der Waals surface area contributed by atoms with Gasteiger partial charge in [0.15, 0.2) is 0 Å². The molecule has 0 aliphatic carbocycles. The van der Waals surface area contributed by atoms with Crippen LogP contribution in [0.3, 0.4) is 0 Å². The number of nitrogens with two attached hydrogens (primary N) is 1. The Kier molecular flexibility index (Phi) is 3.51. The quantitative estimate of drug-likeness (QED) is 0.838. The first-order chi connectivity index (χ1) is 8.54. The summed E-state index contributed by atoms with van der Waals surface area (Å²) < 4.78 is 18.8. The maximum atomic E-state index is 13.2. The van der Waals surface area contributed by atoms with Crippen molar-refractivity contribution in [2.24, 2.45) is 0 Å². The number of nitrogen functional groups attached to an aromatic ring is 1. The molecule has 0 aliphatic rings. The molecular formula is C15H16FNO. The van der Waals surface area contributed by atoms with Crippen LogP contribution in [0.4, 0.5) is 10.1 Å². The summed E-state index contributed by atoms with van der Waals surface area (Å²) in [5.74, 6) is 0.0359. The van der Waals surface area contributed by atoms with E-state index in [2.05, 4.69) is 18.2 Å². The number of aryl methyl sites for hydroxylation is 2. The van der Waals surface area contributed by atoms with Crippen LogP contribution in [-0.4, -0.2) is 0 Å². The van der Waals surface area contributed by atoms with Crippen LogP contribution in [0.5, 0.6) is 5.75 Å². The monoisotopic (exact) mass is 245 g/mol. The zero-order chi connectivity index (χ0) is 13.1. The Morgan fingerprint density at radius 3 is 2.33 bits per heavy atom. The van der Waals surface area contributed by atoms with Gasteiger partial charge in [0.25, 0.3) is 0 Å². The van der Waals surface area contributed by atoms with Crippen LogP contribution in [-0.2, 0) is 6.61 Å². The Morgan fingerprint density at radius 1 is 1.06 bits per heavy atom. The van der Waals surface area contributed by atoms with E-state index in [9.17, 15) is 4.39 Å². The predicted molar refractivity (Wildman–Crippen MR) is 71.1 cm³/mol. The summed E-state index contributed by atoms with van der Waals surface area (Å²) in [7, 11) is 0. The fraction of sp³-hybridized carbons (Fsp3) is 0.200. The third-order valence-electron chi connectivity index (χ3n) is 2.66. The third-order valence-corrected chi connectivity index (χ3v) is 2.66. The average molecular weight is 245 g/mol. The number of rotatable bonds is 3. The Hall–Kier alpha value is -2.03. The van der Waals surface area contributed by atoms with Gasteiger partial charge in [-0.25, -0.2) is 4.39 Å². The van der Waals surface area contributed by atoms with Gasteiger partial charge in [-0.2, -0.15) is 0 Å². The summed E-state index contributed by atoms with van der Waals surface area (Å²) in [6.45, 7) is 4.50. The Balaban J connectivity index is 2.08. The molecule has 0 aliphatic heterocycles. The maximum absolute atomic E-state index is 13.2. The van der Waals surface area contributed by atoms with E-state index in [1.807, 2.05) is 13.8 Å². The topological polar surface area (TPSA) is 35.2 Å². The molecule has 0 saturated carbocycles. The highest BCUT2D eigenvalue weighted by Crippen LogP contribution is 2.19. The molecular weight excluding hydrogens is 229 g/mol. The highest BCUT2D eigenvalue weighted by molar-refractivity contribution is 5.43. The molecule has 2 rings (SSSR count). The second-order valence-corrected chi connectivity index (χ2v) is 4.47. The molecule has 0 bridgehead atoms. The smallest absolute Gasteiger partial charge is 0.149 e. The second kappa shape index (κ2) is 5.08. The van der Waals surface area contributed by atoms with E-state index in [-0.39, 0.29) is 5.69 Å². The van der Waals surface area contributed by atoms with Gasteiger partial charge in [0.1, 0.15) is 18.2 Å². The molecule has 3 heteroatoms. The number of anilines is 1. The van der Waals surface area contributed by atoms with E-state index >= 15 is 0 Å². The van der Waals surface area contributed by atoms with Crippen molar-refractivity contribution >= 4 is 5.69 Å². The fourth-order valence-electron chi connectivity index (χ4n) is 1.92. The molecule has 0 heterocycles. The lowest BCUT2D eigenvalue weighted by Gasteiger charge is -2.08. The minimum Gasteiger partial charge on any atom is -0.489 e. The van der Waals surface area contributed by atoms with Gasteiger partial charge < -0.3 is 10.5 Å². The highest BCUT2D eigenvalue weighted by atomic mass is 19.1. The van der Waals surface area contributed by atoms with Crippen LogP contribution in [0.2, 0.25) is 0 Å². The molecule has 0 spiro atoms. The summed E-state index contributed by atoms with van der Waals surface area (Å²) in [5, 5.41) is 0. The van der Waals surface area contributed by atoms with Crippen molar-refractivity contribution in [2.75, 3.05) is 5.73 Å². The van der Waals surface area contributed by atoms with Crippen molar-refractivity contribution in [3.05, 3.63) is 58.9 Å². The molecule has 0 fully saturated rings. The lowest BCUT2D eigenvalue weighted by atomic mass is 10.1. The summed E-state index contributed by atoms with van der Waals surface area (Å²) in [5.41, 5.74) is 9.00. The predicted octanol–water partition coefficient (Wildman–Crippen LogP) is 3.60. The van der Waals surface area contributed by atoms with Crippen molar-refractivity contribution in [1.29, 1.82) is 0 Å². The van der Waals surface area contributed by atoms with Gasteiger partial charge in [0.05, 0.1) is 5.69 Å². The average Bonchev–Trinajstić information content (AvgIpc) is 2.29. The Bertz CT molecular complexity index is 546. The van der Waals surface area contributed by atoms with Crippen LogP contribution in [0.1, 0.15) is 16.7 Å². The molecule has 0 atom stereocenters. The minimum absolute atomic E-state index is 0.133. The van der Waals surface area contributed by atoms with Crippen LogP contribution in [0, 0.1) is 19.7 Å². The lowest BCUT2D eigenvalue weighted by molar-refractivity contribution is 0.304. The number of hydrogen-bond donors (Lipinski definition) is 1. The first-order valence-electron chi connectivity index (χ1n) is 5.79. The van der Waals surface area contributed by atoms with Gasteiger partial charge in [0.2, 0.25) is 0 Å². The summed E-state index contributed by atoms with van der Waals surface area (Å²) in [6.07, 6.45) is 0. The normalized spacial score (nSPS) is 10.4. The van der Waals surface area contributed by atoms with Crippen molar-refractivity contribution in [1.82, 2.24) is 0 Å². The molecule has 0 saturated heterocycles. The van der Waals surface area contributed by atoms with Crippen LogP contribution >= 0.6 is 0 Å². The van der Waals surface area contributed by atoms with Crippen molar-refractivity contribution in [3.8, 4) is 5.75 Å². The van der Waals surface area contributed by atoms with E-state index in [1.165, 1.54) is 23.3 Å². The van der Waals surface area contributed by atoms with Crippen molar-refractivity contribution in [3.63, 3.8) is 0 Å². The second-order valence-electron chi connectivity index (χ2n) is 4.47. The van der Waals surface area contributed by atoms with Gasteiger partial charge in [0, 0.05) is 6.07 Å². The van der Waals surface area contributed by atoms with E-state index in [0.29, 0.717) is 12.4 Å². The molecule has 2 aromatic carbocycles. The molecule has 94 valence electrons. The first-order valence-corrected chi connectivity index (χ1v) is 5.79. The SMILES string of the molecule is Cc1cc(C)cc(COc2ccc(N)c(F)c2)c1. The van der Waals surface area contributed by atoms with Gasteiger partial charge in [-0.05, 0) is 31.5 Å². The highest BCUT2D eigenvalue weighted by Gasteiger charge is 2.02. The van der Waals surface area contributed by atoms with Gasteiger partial charge in [-0.1, -0.05) is 29.3 Å². The summed E-state index contributed by atoms with van der Waals surface area (Å²) >= 11 is 0. The molecule has 2 nitrogen and oxygen atoms in total. The number of benzene rings is 2. The molecule has 0 unspecified atom stereocenters. The zero-order valence-corrected chi connectivity index (χ0v) is 10.5. The fourth-order valence-corrected chi connectivity index (χ4v) is 1.92. The van der Waals surface area contributed by atoms with Gasteiger partial charge in [-0.15, -0.1) is 0 Å². The Labute approximate surface area is 106 Å². The van der Waals surface area contributed by atoms with Gasteiger partial charge >= 0.3 is 0 Å². The third kappa shape index (κ3) is 3.00. The lowest BCUT2D eigenvalue weighted by Crippen LogP contribution is -1.98. The molecule has 0 aromatic heterocycles. The number of halogens is 1. The van der Waals surface area contributed by atoms with E-state index < -0.39 is 5.82 Å². The zero-order valence-electron chi connectivity index (χ0n) is 10.5. The van der Waals surface area contributed by atoms with E-state index in [1.54, 1.807) is 6.07 Å². The minimum atomic E-state index is -0.451. The number of ether oxygens (including phenoxy) is 1. The largest absolute Gasteiger partial charge is 0.489 e. The molecule has 2 aromatic rings. The number of hydrogen-bond acceptors (Lipinski definition) is 2. The van der Waals surface area contributed by atoms with Crippen LogP contribution in [0.15, 0.2) is 36.4 Å². The molecule has 0 amide bonds. The summed E-state index contributed by atoms with van der Waals surface area (Å²) in [6, 6.07) is 10.7. The van der Waals surface area contributed by atoms with E-state index in [4.69, 9.17) is 10.5 Å². The first kappa shape index (κ1) is 12.4. The Morgan fingerprint density at radius 2 is 1.72 bits per heavy atom. The van der Waals surface area contributed by atoms with Crippen molar-refractivity contribution < 1.29 is 9.13 Å². The maximum Gasteiger partial charge on any atom is 0.149 e. The van der Waals surface area contributed by atoms with E-state index in [0.717, 1.165) is 5.56 Å². The molecule has 2 N–H and O–H groups in total. The molecule has 0 radical (unpaired) electrons. The summed E-state index contributed by atoms with van der Waals surface area (Å²) in [4.78, 5) is 0. The van der Waals surface area contributed by atoms with Gasteiger partial charge in [-0.3, -0.25) is 0 Å². The van der Waals surface area contributed by atoms with Crippen LogP contribution < -0.4 is 10.5 Å². The van der Waals surface area contributed by atoms with Crippen molar-refractivity contribution in [2.45, 2.75) is 20.5 Å². The standard InChI is InChI=1S/C15H16FNO/c1-10-5-11(2)7-12(6-10)9-18-13-3-4-15(17)14(16)8-13/h3-8H,9,17H2,1-2H3. The molecule has 18 heavy (non-hydrogen) atoms.